The summed E-state index contributed by atoms with van der Waals surface area (Å²) < 4.78 is 45.5. The molecule has 7 atom stereocenters. The minimum absolute atomic E-state index is 0.0202. The summed E-state index contributed by atoms with van der Waals surface area (Å²) in [6, 6.07) is 3.51. The first-order valence-electron chi connectivity index (χ1n) is 19.0. The van der Waals surface area contributed by atoms with E-state index in [0.717, 1.165) is 25.9 Å². The molecule has 0 radical (unpaired) electrons. The smallest absolute Gasteiger partial charge is 0.193 e. The normalized spacial score (nSPS) is 27.7. The maximum atomic E-state index is 7.54. The van der Waals surface area contributed by atoms with Crippen molar-refractivity contribution in [2.24, 2.45) is 0 Å². The van der Waals surface area contributed by atoms with E-state index < -0.39 is 33.3 Å². The Bertz CT molecular complexity index is 1020. The van der Waals surface area contributed by atoms with Crippen molar-refractivity contribution >= 4 is 55.9 Å². The van der Waals surface area contributed by atoms with Crippen molar-refractivity contribution in [1.82, 2.24) is 0 Å². The summed E-state index contributed by atoms with van der Waals surface area (Å²) in [5, 5.41) is 0.116. The molecule has 0 bridgehead atoms. The molecule has 0 amide bonds. The van der Waals surface area contributed by atoms with Gasteiger partial charge in [0.05, 0.1) is 18.3 Å². The molecule has 2 rings (SSSR count). The van der Waals surface area contributed by atoms with Crippen molar-refractivity contribution < 1.29 is 27.2 Å². The molecule has 6 nitrogen and oxygen atoms in total. The summed E-state index contributed by atoms with van der Waals surface area (Å²) in [6.45, 7) is 42.6. The number of rotatable bonds is 15. The largest absolute Gasteiger partial charge is 0.417 e. The highest BCUT2D eigenvalue weighted by Crippen LogP contribution is 2.47. The van der Waals surface area contributed by atoms with Gasteiger partial charge < -0.3 is 27.2 Å². The van der Waals surface area contributed by atoms with Crippen LogP contribution < -0.4 is 0 Å². The lowest BCUT2D eigenvalue weighted by Gasteiger charge is -2.56. The number of hydrogen-bond acceptors (Lipinski definition) is 6. The third-order valence-electron chi connectivity index (χ3n) is 12.9. The van der Waals surface area contributed by atoms with Crippen LogP contribution in [0.5, 0.6) is 0 Å². The third kappa shape index (κ3) is 11.1. The van der Waals surface area contributed by atoms with Crippen molar-refractivity contribution in [1.29, 1.82) is 0 Å². The summed E-state index contributed by atoms with van der Waals surface area (Å²) in [5.74, 6) is 0. The lowest BCUT2D eigenvalue weighted by Crippen LogP contribution is -2.69. The molecule has 284 valence electrons. The second-order valence-corrected chi connectivity index (χ2v) is 38.9. The van der Waals surface area contributed by atoms with Crippen LogP contribution >= 0.6 is 22.6 Å². The maximum absolute atomic E-state index is 7.54. The molecule has 0 N–H and O–H groups in total. The van der Waals surface area contributed by atoms with E-state index in [2.05, 4.69) is 155 Å². The molecule has 2 aliphatic rings. The van der Waals surface area contributed by atoms with E-state index in [-0.39, 0.29) is 57.8 Å². The monoisotopic (exact) mass is 856 g/mol. The van der Waals surface area contributed by atoms with Gasteiger partial charge in [0, 0.05) is 6.61 Å². The summed E-state index contributed by atoms with van der Waals surface area (Å²) in [5.41, 5.74) is 0. The second-order valence-electron chi connectivity index (χ2n) is 19.2. The number of halogens is 1. The highest BCUT2D eigenvalue weighted by molar-refractivity contribution is 14.1. The molecule has 4 unspecified atom stereocenters. The Balaban J connectivity index is 2.65. The van der Waals surface area contributed by atoms with Crippen molar-refractivity contribution in [2.45, 2.75) is 218 Å². The average molecular weight is 857 g/mol. The topological polar surface area (TPSA) is 55.4 Å². The fourth-order valence-electron chi connectivity index (χ4n) is 6.03. The van der Waals surface area contributed by atoms with Crippen LogP contribution in [0.25, 0.3) is 0 Å². The van der Waals surface area contributed by atoms with Crippen molar-refractivity contribution in [2.75, 3.05) is 6.61 Å². The summed E-state index contributed by atoms with van der Waals surface area (Å²) in [7, 11) is -8.34. The van der Waals surface area contributed by atoms with Crippen molar-refractivity contribution in [3.05, 3.63) is 10.2 Å². The molecule has 11 heteroatoms. The van der Waals surface area contributed by atoms with Crippen LogP contribution in [0.2, 0.25) is 72.5 Å². The van der Waals surface area contributed by atoms with Gasteiger partial charge >= 0.3 is 0 Å². The Morgan fingerprint density at radius 1 is 0.708 bits per heavy atom. The van der Waals surface area contributed by atoms with E-state index in [1.807, 2.05) is 0 Å². The first-order valence-corrected chi connectivity index (χ1v) is 31.5. The fourth-order valence-corrected chi connectivity index (χ4v) is 13.0. The molecule has 0 aromatic heterocycles. The van der Waals surface area contributed by atoms with Crippen LogP contribution in [0.15, 0.2) is 10.2 Å². The van der Waals surface area contributed by atoms with E-state index >= 15 is 0 Å². The zero-order chi connectivity index (χ0) is 37.1. The van der Waals surface area contributed by atoms with Gasteiger partial charge in [0.2, 0.25) is 0 Å². The summed E-state index contributed by atoms with van der Waals surface area (Å²) in [4.78, 5) is 0. The van der Waals surface area contributed by atoms with Gasteiger partial charge in [-0.15, -0.1) is 0 Å². The molecular weight excluding hydrogens is 780 g/mol. The quantitative estimate of drug-likeness (QED) is 0.121. The molecule has 0 aliphatic carbocycles. The van der Waals surface area contributed by atoms with Crippen LogP contribution in [-0.2, 0) is 27.2 Å². The molecular formula is C37H77IO6Si4. The number of fused-ring (bicyclic) bond motifs is 1. The van der Waals surface area contributed by atoms with Gasteiger partial charge in [-0.1, -0.05) is 106 Å². The van der Waals surface area contributed by atoms with Crippen LogP contribution in [0.3, 0.4) is 0 Å². The van der Waals surface area contributed by atoms with E-state index in [1.54, 1.807) is 0 Å². The van der Waals surface area contributed by atoms with Gasteiger partial charge in [-0.05, 0) is 102 Å². The van der Waals surface area contributed by atoms with E-state index in [4.69, 9.17) is 27.2 Å². The Kier molecular flexibility index (Phi) is 16.1. The van der Waals surface area contributed by atoms with E-state index in [0.29, 0.717) is 0 Å². The molecule has 0 aromatic rings. The predicted molar refractivity (Wildman–Crippen MR) is 224 cm³/mol. The van der Waals surface area contributed by atoms with Crippen LogP contribution in [-0.4, -0.2) is 82.6 Å². The first kappa shape index (κ1) is 45.3. The average Bonchev–Trinajstić information content (AvgIpc) is 2.94. The van der Waals surface area contributed by atoms with E-state index in [9.17, 15) is 0 Å². The minimum Gasteiger partial charge on any atom is -0.417 e. The SMILES string of the molecule is CC[Si](CC)(CC)OCC[C@H]1CCC2O[C@@H](C(/C=C/I)O[Si](C)(C)C(C)(C)C)C(O[Si](C)(C)C(C)(C)C)C(O[Si](C)(C)C(C)(C)C)[C@H]2O1. The zero-order valence-corrected chi connectivity index (χ0v) is 40.6. The van der Waals surface area contributed by atoms with Gasteiger partial charge in [-0.3, -0.25) is 0 Å². The number of hydrogen-bond donors (Lipinski definition) is 0. The Hall–Kier alpha value is 1.10. The second kappa shape index (κ2) is 17.1. The molecule has 0 saturated carbocycles. The highest BCUT2D eigenvalue weighted by atomic mass is 127. The fraction of sp³-hybridized carbons (Fsp3) is 0.946. The zero-order valence-electron chi connectivity index (χ0n) is 34.5. The highest BCUT2D eigenvalue weighted by Gasteiger charge is 2.57. The van der Waals surface area contributed by atoms with Crippen molar-refractivity contribution in [3.63, 3.8) is 0 Å². The van der Waals surface area contributed by atoms with Gasteiger partial charge in [-0.2, -0.15) is 0 Å². The molecule has 48 heavy (non-hydrogen) atoms. The summed E-state index contributed by atoms with van der Waals surface area (Å²) >= 11 is 2.33. The lowest BCUT2D eigenvalue weighted by molar-refractivity contribution is -0.267. The van der Waals surface area contributed by atoms with Gasteiger partial charge in [0.15, 0.2) is 33.3 Å². The van der Waals surface area contributed by atoms with Gasteiger partial charge in [0.1, 0.15) is 24.4 Å². The summed E-state index contributed by atoms with van der Waals surface area (Å²) in [6.07, 6.45) is 3.74. The van der Waals surface area contributed by atoms with Crippen LogP contribution in [0, 0.1) is 0 Å². The molecule has 0 aromatic carbocycles. The molecule has 2 aliphatic heterocycles. The molecule has 2 heterocycles. The maximum Gasteiger partial charge on any atom is 0.193 e. The third-order valence-corrected chi connectivity index (χ3v) is 31.4. The number of ether oxygens (including phenoxy) is 2. The molecule has 2 saturated heterocycles. The van der Waals surface area contributed by atoms with Crippen LogP contribution in [0.4, 0.5) is 0 Å². The van der Waals surface area contributed by atoms with Gasteiger partial charge in [0.25, 0.3) is 0 Å². The first-order chi connectivity index (χ1) is 21.7. The minimum atomic E-state index is -2.28. The van der Waals surface area contributed by atoms with E-state index in [1.165, 1.54) is 18.1 Å². The predicted octanol–water partition coefficient (Wildman–Crippen LogP) is 11.8. The van der Waals surface area contributed by atoms with Crippen molar-refractivity contribution in [3.8, 4) is 0 Å². The molecule has 0 spiro atoms. The van der Waals surface area contributed by atoms with Crippen LogP contribution in [0.1, 0.15) is 102 Å². The standard InChI is InChI=1S/C37H77IO6Si4/c1-19-48(20-2,21-3)39-27-25-28-22-23-29-31(40-28)33(43-46(15,16)36(7,8)9)34(44-47(17,18)37(10,11)12)32(41-29)30(24-26-38)42-45(13,14)35(4,5)6/h24,26,28-34H,19-23,25,27H2,1-18H3/b26-24+/t28-,29?,30?,31+,32+,33?,34?/m1/s1. The lowest BCUT2D eigenvalue weighted by atomic mass is 9.87. The molecule has 2 fully saturated rings. The van der Waals surface area contributed by atoms with Gasteiger partial charge in [-0.25, -0.2) is 0 Å². The Morgan fingerprint density at radius 3 is 1.62 bits per heavy atom. The Morgan fingerprint density at radius 2 is 1.19 bits per heavy atom. The Labute approximate surface area is 315 Å².